The van der Waals surface area contributed by atoms with Crippen molar-refractivity contribution in [2.75, 3.05) is 4.72 Å². The summed E-state index contributed by atoms with van der Waals surface area (Å²) in [6.07, 6.45) is 0. The van der Waals surface area contributed by atoms with Crippen LogP contribution >= 0.6 is 27.7 Å². The van der Waals surface area contributed by atoms with Crippen molar-refractivity contribution in [3.8, 4) is 5.40 Å². The van der Waals surface area contributed by atoms with Crippen LogP contribution in [0.25, 0.3) is 0 Å². The zero-order valence-corrected chi connectivity index (χ0v) is 15.1. The van der Waals surface area contributed by atoms with E-state index in [0.29, 0.717) is 15.7 Å². The molecule has 7 heteroatoms. The van der Waals surface area contributed by atoms with Crippen LogP contribution in [0, 0.1) is 24.5 Å². The number of hydrogen-bond acceptors (Lipinski definition) is 4. The predicted molar refractivity (Wildman–Crippen MR) is 92.3 cm³/mol. The molecule has 0 bridgehead atoms. The van der Waals surface area contributed by atoms with Crippen molar-refractivity contribution in [3.63, 3.8) is 0 Å². The largest absolute Gasteiger partial charge is 0.279 e. The SMILES string of the molecule is Cc1cc(SC#N)ccc1NS(=O)(=O)c1cc(Br)ccc1C. The lowest BCUT2D eigenvalue weighted by molar-refractivity contribution is 0.600. The van der Waals surface area contributed by atoms with Gasteiger partial charge in [0.25, 0.3) is 10.0 Å². The molecule has 2 aromatic rings. The molecule has 0 aromatic heterocycles. The fraction of sp³-hybridized carbons (Fsp3) is 0.133. The minimum atomic E-state index is -3.67. The standard InChI is InChI=1S/C15H13BrN2O2S2/c1-10-3-4-12(16)8-15(10)22(19,20)18-14-6-5-13(21-9-17)7-11(14)2/h3-8,18H,1-2H3. The van der Waals surface area contributed by atoms with Gasteiger partial charge in [0.1, 0.15) is 5.40 Å². The van der Waals surface area contributed by atoms with Crippen molar-refractivity contribution in [2.45, 2.75) is 23.6 Å². The predicted octanol–water partition coefficient (Wildman–Crippen LogP) is 4.44. The maximum Gasteiger partial charge on any atom is 0.262 e. The van der Waals surface area contributed by atoms with Gasteiger partial charge in [0.15, 0.2) is 0 Å². The average Bonchev–Trinajstić information content (AvgIpc) is 2.44. The highest BCUT2D eigenvalue weighted by molar-refractivity contribution is 9.10. The van der Waals surface area contributed by atoms with Crippen molar-refractivity contribution in [1.82, 2.24) is 0 Å². The maximum absolute atomic E-state index is 12.5. The molecule has 0 fully saturated rings. The highest BCUT2D eigenvalue weighted by Crippen LogP contribution is 2.27. The number of anilines is 1. The van der Waals surface area contributed by atoms with Gasteiger partial charge in [-0.15, -0.1) is 0 Å². The fourth-order valence-electron chi connectivity index (χ4n) is 1.93. The number of sulfonamides is 1. The van der Waals surface area contributed by atoms with Crippen LogP contribution in [0.15, 0.2) is 50.7 Å². The maximum atomic E-state index is 12.5. The third kappa shape index (κ3) is 3.83. The minimum Gasteiger partial charge on any atom is -0.279 e. The Morgan fingerprint density at radius 2 is 1.86 bits per heavy atom. The third-order valence-electron chi connectivity index (χ3n) is 3.05. The first-order valence-corrected chi connectivity index (χ1v) is 9.38. The van der Waals surface area contributed by atoms with Gasteiger partial charge in [0.2, 0.25) is 0 Å². The lowest BCUT2D eigenvalue weighted by atomic mass is 10.2. The van der Waals surface area contributed by atoms with Gasteiger partial charge in [-0.25, -0.2) is 8.42 Å². The van der Waals surface area contributed by atoms with Crippen molar-refractivity contribution >= 4 is 43.4 Å². The normalized spacial score (nSPS) is 11.0. The van der Waals surface area contributed by atoms with Gasteiger partial charge < -0.3 is 0 Å². The number of thiocyanates is 1. The van der Waals surface area contributed by atoms with E-state index in [1.165, 1.54) is 0 Å². The zero-order valence-electron chi connectivity index (χ0n) is 11.9. The Balaban J connectivity index is 2.37. The Bertz CT molecular complexity index is 858. The molecule has 0 heterocycles. The van der Waals surface area contributed by atoms with Crippen molar-refractivity contribution < 1.29 is 8.42 Å². The molecule has 22 heavy (non-hydrogen) atoms. The summed E-state index contributed by atoms with van der Waals surface area (Å²) < 4.78 is 28.4. The molecule has 0 unspecified atom stereocenters. The third-order valence-corrected chi connectivity index (χ3v) is 5.63. The van der Waals surface area contributed by atoms with E-state index < -0.39 is 10.0 Å². The van der Waals surface area contributed by atoms with Gasteiger partial charge in [-0.3, -0.25) is 4.72 Å². The number of thioether (sulfide) groups is 1. The smallest absolute Gasteiger partial charge is 0.262 e. The van der Waals surface area contributed by atoms with Crippen LogP contribution in [0.3, 0.4) is 0 Å². The number of nitriles is 1. The number of halogens is 1. The van der Waals surface area contributed by atoms with E-state index in [0.717, 1.165) is 22.2 Å². The molecular formula is C15H13BrN2O2S2. The second-order valence-electron chi connectivity index (χ2n) is 4.69. The molecule has 1 N–H and O–H groups in total. The molecule has 0 saturated carbocycles. The number of hydrogen-bond donors (Lipinski definition) is 1. The molecule has 114 valence electrons. The number of nitrogens with one attached hydrogen (secondary N) is 1. The van der Waals surface area contributed by atoms with Gasteiger partial charge >= 0.3 is 0 Å². The lowest BCUT2D eigenvalue weighted by Gasteiger charge is -2.13. The molecule has 0 aliphatic carbocycles. The first-order valence-electron chi connectivity index (χ1n) is 6.29. The first-order chi connectivity index (χ1) is 10.3. The van der Waals surface area contributed by atoms with E-state index in [4.69, 9.17) is 5.26 Å². The summed E-state index contributed by atoms with van der Waals surface area (Å²) in [5.41, 5.74) is 1.93. The molecule has 0 amide bonds. The Hall–Kier alpha value is -1.49. The Morgan fingerprint density at radius 1 is 1.14 bits per heavy atom. The molecule has 0 radical (unpaired) electrons. The second kappa shape index (κ2) is 6.73. The fourth-order valence-corrected chi connectivity index (χ4v) is 4.32. The van der Waals surface area contributed by atoms with E-state index in [-0.39, 0.29) is 4.90 Å². The van der Waals surface area contributed by atoms with Gasteiger partial charge in [0.05, 0.1) is 10.6 Å². The second-order valence-corrected chi connectivity index (χ2v) is 8.11. The monoisotopic (exact) mass is 396 g/mol. The number of benzene rings is 2. The van der Waals surface area contributed by atoms with Crippen LogP contribution in [-0.2, 0) is 10.0 Å². The van der Waals surface area contributed by atoms with Crippen LogP contribution in [0.5, 0.6) is 0 Å². The zero-order chi connectivity index (χ0) is 16.3. The van der Waals surface area contributed by atoms with Crippen LogP contribution < -0.4 is 4.72 Å². The van der Waals surface area contributed by atoms with Crippen LogP contribution in [0.4, 0.5) is 5.69 Å². The summed E-state index contributed by atoms with van der Waals surface area (Å²) in [5.74, 6) is 0. The van der Waals surface area contributed by atoms with Crippen LogP contribution in [0.2, 0.25) is 0 Å². The number of rotatable bonds is 4. The van der Waals surface area contributed by atoms with Gasteiger partial charge in [-0.05, 0) is 67.1 Å². The van der Waals surface area contributed by atoms with E-state index in [9.17, 15) is 8.42 Å². The van der Waals surface area contributed by atoms with E-state index in [2.05, 4.69) is 20.7 Å². The first kappa shape index (κ1) is 16.9. The molecule has 0 spiro atoms. The minimum absolute atomic E-state index is 0.233. The molecule has 0 aliphatic heterocycles. The van der Waals surface area contributed by atoms with Crippen LogP contribution in [-0.4, -0.2) is 8.42 Å². The van der Waals surface area contributed by atoms with Gasteiger partial charge in [-0.1, -0.05) is 22.0 Å². The van der Waals surface area contributed by atoms with Gasteiger partial charge in [-0.2, -0.15) is 5.26 Å². The van der Waals surface area contributed by atoms with Crippen molar-refractivity contribution in [1.29, 1.82) is 5.26 Å². The number of nitrogens with zero attached hydrogens (tertiary/aromatic N) is 1. The highest BCUT2D eigenvalue weighted by Gasteiger charge is 2.18. The molecule has 2 aromatic carbocycles. The summed E-state index contributed by atoms with van der Waals surface area (Å²) in [7, 11) is -3.67. The molecule has 0 aliphatic rings. The summed E-state index contributed by atoms with van der Waals surface area (Å²) >= 11 is 4.33. The van der Waals surface area contributed by atoms with E-state index in [1.54, 1.807) is 50.2 Å². The quantitative estimate of drug-likeness (QED) is 0.612. The Kier molecular flexibility index (Phi) is 5.16. The Labute approximate surface area is 142 Å². The van der Waals surface area contributed by atoms with Crippen molar-refractivity contribution in [3.05, 3.63) is 52.0 Å². The summed E-state index contributed by atoms with van der Waals surface area (Å²) in [6.45, 7) is 3.55. The number of aryl methyl sites for hydroxylation is 2. The summed E-state index contributed by atoms with van der Waals surface area (Å²) in [6, 6.07) is 10.3. The molecular weight excluding hydrogens is 384 g/mol. The molecule has 0 saturated heterocycles. The van der Waals surface area contributed by atoms with Crippen LogP contribution in [0.1, 0.15) is 11.1 Å². The molecule has 2 rings (SSSR count). The van der Waals surface area contributed by atoms with Crippen molar-refractivity contribution in [2.24, 2.45) is 0 Å². The molecule has 0 atom stereocenters. The Morgan fingerprint density at radius 3 is 2.50 bits per heavy atom. The van der Waals surface area contributed by atoms with Gasteiger partial charge in [0, 0.05) is 9.37 Å². The molecule has 4 nitrogen and oxygen atoms in total. The van der Waals surface area contributed by atoms with E-state index >= 15 is 0 Å². The topological polar surface area (TPSA) is 70.0 Å². The van der Waals surface area contributed by atoms with E-state index in [1.807, 2.05) is 5.40 Å². The lowest BCUT2D eigenvalue weighted by Crippen LogP contribution is -2.15. The highest BCUT2D eigenvalue weighted by atomic mass is 79.9. The average molecular weight is 397 g/mol. The summed E-state index contributed by atoms with van der Waals surface area (Å²) in [5, 5.41) is 10.7. The summed E-state index contributed by atoms with van der Waals surface area (Å²) in [4.78, 5) is 1.01.